The molecule has 0 radical (unpaired) electrons. The van der Waals surface area contributed by atoms with Crippen molar-refractivity contribution in [1.82, 2.24) is 4.98 Å². The molecule has 0 fully saturated rings. The molecule has 78 valence electrons. The van der Waals surface area contributed by atoms with Crippen LogP contribution < -0.4 is 4.74 Å². The second kappa shape index (κ2) is 4.88. The molecule has 1 aromatic rings. The molecule has 0 unspecified atom stereocenters. The summed E-state index contributed by atoms with van der Waals surface area (Å²) in [6, 6.07) is 3.27. The lowest BCUT2D eigenvalue weighted by Crippen LogP contribution is -2.07. The molecular weight excluding hydrogens is 188 g/mol. The van der Waals surface area contributed by atoms with E-state index < -0.39 is 13.0 Å². The van der Waals surface area contributed by atoms with Crippen LogP contribution in [0.3, 0.4) is 0 Å². The SMILES string of the molecule is CC(C)c1cc(OCC(F)F)ccn1. The summed E-state index contributed by atoms with van der Waals surface area (Å²) >= 11 is 0. The fourth-order valence-corrected chi connectivity index (χ4v) is 0.993. The number of rotatable bonds is 4. The summed E-state index contributed by atoms with van der Waals surface area (Å²) in [5, 5.41) is 0. The van der Waals surface area contributed by atoms with Crippen LogP contribution in [-0.4, -0.2) is 18.0 Å². The number of alkyl halides is 2. The van der Waals surface area contributed by atoms with Crippen molar-refractivity contribution in [3.63, 3.8) is 0 Å². The summed E-state index contributed by atoms with van der Waals surface area (Å²) < 4.78 is 28.5. The molecule has 0 aromatic carbocycles. The quantitative estimate of drug-likeness (QED) is 0.747. The summed E-state index contributed by atoms with van der Waals surface area (Å²) in [6.45, 7) is 3.40. The van der Waals surface area contributed by atoms with Gasteiger partial charge in [-0.2, -0.15) is 0 Å². The highest BCUT2D eigenvalue weighted by molar-refractivity contribution is 5.24. The van der Waals surface area contributed by atoms with E-state index in [1.54, 1.807) is 18.3 Å². The van der Waals surface area contributed by atoms with Crippen molar-refractivity contribution >= 4 is 0 Å². The van der Waals surface area contributed by atoms with Crippen molar-refractivity contribution < 1.29 is 13.5 Å². The number of ether oxygens (including phenoxy) is 1. The van der Waals surface area contributed by atoms with Gasteiger partial charge in [-0.1, -0.05) is 13.8 Å². The molecule has 0 saturated carbocycles. The Morgan fingerprint density at radius 2 is 2.14 bits per heavy atom. The van der Waals surface area contributed by atoms with E-state index in [-0.39, 0.29) is 5.92 Å². The van der Waals surface area contributed by atoms with Gasteiger partial charge in [0.25, 0.3) is 6.43 Å². The second-order valence-corrected chi connectivity index (χ2v) is 3.27. The van der Waals surface area contributed by atoms with Crippen LogP contribution in [0.5, 0.6) is 5.75 Å². The molecule has 2 nitrogen and oxygen atoms in total. The van der Waals surface area contributed by atoms with Crippen LogP contribution in [0.15, 0.2) is 18.3 Å². The van der Waals surface area contributed by atoms with Gasteiger partial charge in [0.2, 0.25) is 0 Å². The molecule has 0 spiro atoms. The van der Waals surface area contributed by atoms with Gasteiger partial charge in [-0.3, -0.25) is 4.98 Å². The molecule has 0 aliphatic carbocycles. The van der Waals surface area contributed by atoms with E-state index >= 15 is 0 Å². The topological polar surface area (TPSA) is 22.1 Å². The minimum Gasteiger partial charge on any atom is -0.488 e. The average molecular weight is 201 g/mol. The molecular formula is C10H13F2NO. The minimum atomic E-state index is -2.44. The third-order valence-corrected chi connectivity index (χ3v) is 1.72. The first-order chi connectivity index (χ1) is 6.59. The Morgan fingerprint density at radius 1 is 1.43 bits per heavy atom. The number of halogens is 2. The van der Waals surface area contributed by atoms with Crippen molar-refractivity contribution in [2.75, 3.05) is 6.61 Å². The van der Waals surface area contributed by atoms with Gasteiger partial charge in [-0.25, -0.2) is 8.78 Å². The van der Waals surface area contributed by atoms with Gasteiger partial charge in [0.1, 0.15) is 12.4 Å². The van der Waals surface area contributed by atoms with Crippen LogP contribution >= 0.6 is 0 Å². The van der Waals surface area contributed by atoms with Crippen LogP contribution in [0, 0.1) is 0 Å². The zero-order chi connectivity index (χ0) is 10.6. The van der Waals surface area contributed by atoms with E-state index in [1.165, 1.54) is 0 Å². The maximum atomic E-state index is 11.8. The molecule has 1 rings (SSSR count). The summed E-state index contributed by atoms with van der Waals surface area (Å²) in [6.07, 6.45) is -0.874. The van der Waals surface area contributed by atoms with E-state index in [2.05, 4.69) is 4.98 Å². The van der Waals surface area contributed by atoms with Gasteiger partial charge < -0.3 is 4.74 Å². The Labute approximate surface area is 81.9 Å². The summed E-state index contributed by atoms with van der Waals surface area (Å²) in [4.78, 5) is 4.10. The molecule has 0 atom stereocenters. The Hall–Kier alpha value is -1.19. The van der Waals surface area contributed by atoms with Gasteiger partial charge in [0, 0.05) is 18.0 Å². The minimum absolute atomic E-state index is 0.269. The molecule has 0 saturated heterocycles. The first-order valence-electron chi connectivity index (χ1n) is 4.46. The van der Waals surface area contributed by atoms with Gasteiger partial charge in [0.15, 0.2) is 0 Å². The van der Waals surface area contributed by atoms with Gasteiger partial charge >= 0.3 is 0 Å². The maximum absolute atomic E-state index is 11.8. The van der Waals surface area contributed by atoms with Crippen molar-refractivity contribution in [3.05, 3.63) is 24.0 Å². The van der Waals surface area contributed by atoms with Crippen molar-refractivity contribution in [1.29, 1.82) is 0 Å². The fourth-order valence-electron chi connectivity index (χ4n) is 0.993. The standard InChI is InChI=1S/C10H13F2NO/c1-7(2)9-5-8(3-4-13-9)14-6-10(11)12/h3-5,7,10H,6H2,1-2H3. The normalized spacial score (nSPS) is 11.0. The highest BCUT2D eigenvalue weighted by atomic mass is 19.3. The van der Waals surface area contributed by atoms with E-state index in [0.29, 0.717) is 5.75 Å². The highest BCUT2D eigenvalue weighted by Crippen LogP contribution is 2.17. The number of aromatic nitrogens is 1. The van der Waals surface area contributed by atoms with Gasteiger partial charge in [0.05, 0.1) is 0 Å². The Kier molecular flexibility index (Phi) is 3.80. The Morgan fingerprint density at radius 3 is 2.71 bits per heavy atom. The highest BCUT2D eigenvalue weighted by Gasteiger charge is 2.05. The molecule has 0 aliphatic heterocycles. The fraction of sp³-hybridized carbons (Fsp3) is 0.500. The third-order valence-electron chi connectivity index (χ3n) is 1.72. The number of pyridine rings is 1. The zero-order valence-electron chi connectivity index (χ0n) is 8.21. The molecule has 0 bridgehead atoms. The zero-order valence-corrected chi connectivity index (χ0v) is 8.21. The summed E-state index contributed by atoms with van der Waals surface area (Å²) in [7, 11) is 0. The van der Waals surface area contributed by atoms with E-state index in [9.17, 15) is 8.78 Å². The van der Waals surface area contributed by atoms with Gasteiger partial charge in [-0.15, -0.1) is 0 Å². The third kappa shape index (κ3) is 3.28. The van der Waals surface area contributed by atoms with Crippen LogP contribution in [0.1, 0.15) is 25.5 Å². The van der Waals surface area contributed by atoms with Crippen LogP contribution in [0.4, 0.5) is 8.78 Å². The smallest absolute Gasteiger partial charge is 0.272 e. The number of nitrogens with zero attached hydrogens (tertiary/aromatic N) is 1. The number of hydrogen-bond donors (Lipinski definition) is 0. The Balaban J connectivity index is 2.64. The first-order valence-corrected chi connectivity index (χ1v) is 4.46. The monoisotopic (exact) mass is 201 g/mol. The molecule has 0 N–H and O–H groups in total. The predicted octanol–water partition coefficient (Wildman–Crippen LogP) is 2.85. The van der Waals surface area contributed by atoms with Crippen molar-refractivity contribution in [2.45, 2.75) is 26.2 Å². The Bertz CT molecular complexity index is 289. The van der Waals surface area contributed by atoms with Crippen LogP contribution in [-0.2, 0) is 0 Å². The summed E-state index contributed by atoms with van der Waals surface area (Å²) in [5.41, 5.74) is 0.844. The van der Waals surface area contributed by atoms with Crippen molar-refractivity contribution in [3.8, 4) is 5.75 Å². The lowest BCUT2D eigenvalue weighted by atomic mass is 10.1. The first kappa shape index (κ1) is 10.9. The largest absolute Gasteiger partial charge is 0.488 e. The van der Waals surface area contributed by atoms with Gasteiger partial charge in [-0.05, 0) is 12.0 Å². The van der Waals surface area contributed by atoms with E-state index in [4.69, 9.17) is 4.74 Å². The van der Waals surface area contributed by atoms with E-state index in [0.717, 1.165) is 5.69 Å². The lowest BCUT2D eigenvalue weighted by Gasteiger charge is -2.08. The predicted molar refractivity (Wildman–Crippen MR) is 49.8 cm³/mol. The number of hydrogen-bond acceptors (Lipinski definition) is 2. The second-order valence-electron chi connectivity index (χ2n) is 3.27. The molecule has 14 heavy (non-hydrogen) atoms. The molecule has 1 aromatic heterocycles. The molecule has 0 amide bonds. The average Bonchev–Trinajstić information content (AvgIpc) is 2.15. The maximum Gasteiger partial charge on any atom is 0.272 e. The summed E-state index contributed by atoms with van der Waals surface area (Å²) in [5.74, 6) is 0.717. The molecule has 4 heteroatoms. The van der Waals surface area contributed by atoms with Crippen molar-refractivity contribution in [2.24, 2.45) is 0 Å². The van der Waals surface area contributed by atoms with Crippen LogP contribution in [0.2, 0.25) is 0 Å². The molecule has 0 aliphatic rings. The molecule has 1 heterocycles. The van der Waals surface area contributed by atoms with E-state index in [1.807, 2.05) is 13.8 Å². The lowest BCUT2D eigenvalue weighted by molar-refractivity contribution is 0.0818. The van der Waals surface area contributed by atoms with Crippen LogP contribution in [0.25, 0.3) is 0 Å².